The number of benzene rings is 1. The number of halogens is 3. The maximum atomic E-state index is 14.3. The van der Waals surface area contributed by atoms with Gasteiger partial charge >= 0.3 is 0 Å². The maximum Gasteiger partial charge on any atom is 0.274 e. The summed E-state index contributed by atoms with van der Waals surface area (Å²) in [5.74, 6) is -0.432. The van der Waals surface area contributed by atoms with Gasteiger partial charge in [-0.25, -0.2) is 9.37 Å². The molecule has 2 aromatic heterocycles. The van der Waals surface area contributed by atoms with E-state index in [1.54, 1.807) is 36.2 Å². The number of alkyl halides is 1. The summed E-state index contributed by atoms with van der Waals surface area (Å²) in [6, 6.07) is 9.02. The fourth-order valence-corrected chi connectivity index (χ4v) is 4.34. The number of nitrogens with one attached hydrogen (secondary N) is 1. The molecular weight excluding hydrogens is 460 g/mol. The smallest absolute Gasteiger partial charge is 0.274 e. The van der Waals surface area contributed by atoms with E-state index in [1.807, 2.05) is 0 Å². The van der Waals surface area contributed by atoms with E-state index < -0.39 is 0 Å². The largest absolute Gasteiger partial charge is 0.379 e. The van der Waals surface area contributed by atoms with E-state index in [0.717, 1.165) is 6.42 Å². The zero-order valence-corrected chi connectivity index (χ0v) is 18.5. The third kappa shape index (κ3) is 6.04. The molecular formula is C21H20ClF2N5O2S. The number of thioether (sulfide) groups is 1. The molecule has 0 bridgehead atoms. The Bertz CT molecular complexity index is 1050. The first-order chi connectivity index (χ1) is 15.5. The van der Waals surface area contributed by atoms with Gasteiger partial charge in [-0.1, -0.05) is 28.5 Å². The van der Waals surface area contributed by atoms with Crippen molar-refractivity contribution in [2.75, 3.05) is 12.5 Å². The van der Waals surface area contributed by atoms with E-state index in [2.05, 4.69) is 25.0 Å². The molecule has 0 saturated heterocycles. The Labute approximate surface area is 192 Å². The number of aliphatic imine (C=N–C) groups is 1. The predicted molar refractivity (Wildman–Crippen MR) is 121 cm³/mol. The lowest BCUT2D eigenvalue weighted by atomic mass is 10.0. The SMILES string of the molecule is CF.NC1=NC(c2cc(NC(=O)c3ccc(Cl)cn3)ccc2F)C2CC2S1.c1cnoc1. The molecule has 11 heteroatoms. The van der Waals surface area contributed by atoms with E-state index in [1.165, 1.54) is 30.7 Å². The number of amidine groups is 1. The molecule has 5 rings (SSSR count). The molecule has 3 atom stereocenters. The number of anilines is 1. The van der Waals surface area contributed by atoms with Gasteiger partial charge < -0.3 is 15.6 Å². The van der Waals surface area contributed by atoms with Crippen molar-refractivity contribution in [2.24, 2.45) is 16.6 Å². The first kappa shape index (κ1) is 23.7. The summed E-state index contributed by atoms with van der Waals surface area (Å²) in [7, 11) is 0.500. The first-order valence-electron chi connectivity index (χ1n) is 9.45. The van der Waals surface area contributed by atoms with Crippen LogP contribution < -0.4 is 11.1 Å². The summed E-state index contributed by atoms with van der Waals surface area (Å²) in [5, 5.41) is 7.43. The third-order valence-corrected chi connectivity index (χ3v) is 6.02. The van der Waals surface area contributed by atoms with Gasteiger partial charge in [0.05, 0.1) is 24.4 Å². The lowest BCUT2D eigenvalue weighted by Gasteiger charge is -2.19. The number of carbonyl (C=O) groups excluding carboxylic acids is 1. The van der Waals surface area contributed by atoms with Crippen LogP contribution in [-0.4, -0.2) is 33.6 Å². The van der Waals surface area contributed by atoms with Gasteiger partial charge in [0.1, 0.15) is 17.8 Å². The van der Waals surface area contributed by atoms with Gasteiger partial charge in [-0.3, -0.25) is 14.2 Å². The average Bonchev–Trinajstić information content (AvgIpc) is 3.31. The second-order valence-electron chi connectivity index (χ2n) is 6.71. The Morgan fingerprint density at radius 3 is 2.75 bits per heavy atom. The molecule has 168 valence electrons. The van der Waals surface area contributed by atoms with Crippen LogP contribution in [0.15, 0.2) is 64.6 Å². The van der Waals surface area contributed by atoms with Crippen molar-refractivity contribution in [1.82, 2.24) is 10.1 Å². The standard InChI is InChI=1S/C17H14ClFN4OS.C3H3NO.CH3F/c18-8-1-4-13(21-7-8)16(24)22-9-2-3-12(19)10(5-9)15-11-6-14(11)25-17(20)23-15;1-2-4-5-3-1;1-2/h1-5,7,11,14-15H,6H2,(H2,20,23)(H,22,24);1-3H;1H3. The van der Waals surface area contributed by atoms with Crippen LogP contribution in [0.2, 0.25) is 5.02 Å². The van der Waals surface area contributed by atoms with Gasteiger partial charge in [-0.2, -0.15) is 0 Å². The highest BCUT2D eigenvalue weighted by Crippen LogP contribution is 2.54. The normalized spacial score (nSPS) is 20.4. The van der Waals surface area contributed by atoms with Gasteiger partial charge in [-0.05, 0) is 48.7 Å². The highest BCUT2D eigenvalue weighted by atomic mass is 35.5. The molecule has 7 nitrogen and oxygen atoms in total. The molecule has 1 saturated carbocycles. The predicted octanol–water partition coefficient (Wildman–Crippen LogP) is 4.88. The summed E-state index contributed by atoms with van der Waals surface area (Å²) in [6.45, 7) is 0. The number of carbonyl (C=O) groups is 1. The van der Waals surface area contributed by atoms with Gasteiger partial charge in [0.25, 0.3) is 5.91 Å². The fourth-order valence-electron chi connectivity index (χ4n) is 3.11. The van der Waals surface area contributed by atoms with Gasteiger partial charge in [0.15, 0.2) is 5.17 Å². The van der Waals surface area contributed by atoms with Crippen molar-refractivity contribution in [1.29, 1.82) is 0 Å². The van der Waals surface area contributed by atoms with Gasteiger partial charge in [0, 0.05) is 22.7 Å². The van der Waals surface area contributed by atoms with Crippen molar-refractivity contribution in [3.8, 4) is 0 Å². The summed E-state index contributed by atoms with van der Waals surface area (Å²) < 4.78 is 28.2. The minimum atomic E-state index is -0.388. The van der Waals surface area contributed by atoms with Crippen LogP contribution in [-0.2, 0) is 0 Å². The Balaban J connectivity index is 0.000000359. The summed E-state index contributed by atoms with van der Waals surface area (Å²) >= 11 is 7.32. The van der Waals surface area contributed by atoms with Crippen molar-refractivity contribution in [2.45, 2.75) is 17.7 Å². The molecule has 0 spiro atoms. The number of rotatable bonds is 3. The van der Waals surface area contributed by atoms with Gasteiger partial charge in [0.2, 0.25) is 0 Å². The highest BCUT2D eigenvalue weighted by molar-refractivity contribution is 8.14. The molecule has 32 heavy (non-hydrogen) atoms. The molecule has 1 fully saturated rings. The zero-order valence-electron chi connectivity index (χ0n) is 16.9. The lowest BCUT2D eigenvalue weighted by molar-refractivity contribution is 0.102. The Kier molecular flexibility index (Phi) is 8.18. The highest BCUT2D eigenvalue weighted by Gasteiger charge is 2.48. The van der Waals surface area contributed by atoms with Crippen LogP contribution >= 0.6 is 23.4 Å². The van der Waals surface area contributed by atoms with E-state index >= 15 is 0 Å². The monoisotopic (exact) mass is 479 g/mol. The number of nitrogens with two attached hydrogens (primary N) is 1. The molecule has 3 unspecified atom stereocenters. The van der Waals surface area contributed by atoms with Crippen LogP contribution in [0.3, 0.4) is 0 Å². The quantitative estimate of drug-likeness (QED) is 0.554. The second-order valence-corrected chi connectivity index (χ2v) is 8.40. The van der Waals surface area contributed by atoms with Crippen LogP contribution in [0.1, 0.15) is 28.5 Å². The minimum Gasteiger partial charge on any atom is -0.379 e. The van der Waals surface area contributed by atoms with Crippen molar-refractivity contribution < 1.29 is 18.1 Å². The average molecular weight is 480 g/mol. The number of nitrogens with zero attached hydrogens (tertiary/aromatic N) is 3. The Morgan fingerprint density at radius 2 is 2.12 bits per heavy atom. The Hall–Kier alpha value is -2.98. The molecule has 3 N–H and O–H groups in total. The first-order valence-corrected chi connectivity index (χ1v) is 10.7. The van der Waals surface area contributed by atoms with Crippen molar-refractivity contribution in [3.05, 3.63) is 77.2 Å². The number of fused-ring (bicyclic) bond motifs is 1. The third-order valence-electron chi connectivity index (χ3n) is 4.60. The molecule has 3 aromatic rings. The molecule has 3 heterocycles. The molecule has 1 amide bonds. The van der Waals surface area contributed by atoms with E-state index in [-0.39, 0.29) is 23.5 Å². The summed E-state index contributed by atoms with van der Waals surface area (Å²) in [4.78, 5) is 20.6. The maximum absolute atomic E-state index is 14.3. The topological polar surface area (TPSA) is 106 Å². The minimum absolute atomic E-state index is 0.230. The fraction of sp³-hybridized carbons (Fsp3) is 0.238. The number of amides is 1. The Morgan fingerprint density at radius 1 is 1.31 bits per heavy atom. The molecule has 2 aliphatic rings. The van der Waals surface area contributed by atoms with Crippen LogP contribution in [0.25, 0.3) is 0 Å². The number of pyridine rings is 1. The number of hydrogen-bond donors (Lipinski definition) is 2. The molecule has 1 aliphatic heterocycles. The molecule has 1 aromatic carbocycles. The van der Waals surface area contributed by atoms with E-state index in [0.29, 0.717) is 39.8 Å². The summed E-state index contributed by atoms with van der Waals surface area (Å²) in [6.07, 6.45) is 5.47. The van der Waals surface area contributed by atoms with E-state index in [4.69, 9.17) is 17.3 Å². The van der Waals surface area contributed by atoms with Crippen LogP contribution in [0.5, 0.6) is 0 Å². The molecule has 0 radical (unpaired) electrons. The summed E-state index contributed by atoms with van der Waals surface area (Å²) in [5.41, 5.74) is 7.01. The van der Waals surface area contributed by atoms with E-state index in [9.17, 15) is 13.6 Å². The lowest BCUT2D eigenvalue weighted by Crippen LogP contribution is -2.18. The number of hydrogen-bond acceptors (Lipinski definition) is 7. The molecule has 1 aliphatic carbocycles. The van der Waals surface area contributed by atoms with Crippen molar-refractivity contribution in [3.63, 3.8) is 0 Å². The zero-order chi connectivity index (χ0) is 23.1. The number of aromatic nitrogens is 2. The van der Waals surface area contributed by atoms with Gasteiger partial charge in [-0.15, -0.1) is 0 Å². The van der Waals surface area contributed by atoms with Crippen LogP contribution in [0, 0.1) is 11.7 Å². The van der Waals surface area contributed by atoms with Crippen molar-refractivity contribution >= 4 is 40.1 Å². The second kappa shape index (κ2) is 11.1. The van der Waals surface area contributed by atoms with Crippen LogP contribution in [0.4, 0.5) is 14.5 Å².